The summed E-state index contributed by atoms with van der Waals surface area (Å²) in [5, 5.41) is 0. The van der Waals surface area contributed by atoms with E-state index in [9.17, 15) is 0 Å². The molecule has 0 unspecified atom stereocenters. The van der Waals surface area contributed by atoms with Crippen molar-refractivity contribution in [2.45, 2.75) is 12.8 Å². The molecule has 0 aliphatic carbocycles. The standard InChI is InChI=1S/C16H16I2O/c17-11-9-13-1-5-15(6-2-13)19-16-7-3-14(4-8-16)10-12-18/h1-8H,9-12H2. The van der Waals surface area contributed by atoms with Gasteiger partial charge in [-0.2, -0.15) is 0 Å². The van der Waals surface area contributed by atoms with Gasteiger partial charge in [-0.25, -0.2) is 0 Å². The van der Waals surface area contributed by atoms with Crippen LogP contribution in [0.2, 0.25) is 0 Å². The maximum absolute atomic E-state index is 5.84. The summed E-state index contributed by atoms with van der Waals surface area (Å²) >= 11 is 4.79. The molecule has 0 aliphatic heterocycles. The zero-order valence-corrected chi connectivity index (χ0v) is 14.9. The molecule has 100 valence electrons. The van der Waals surface area contributed by atoms with Crippen LogP contribution in [0.4, 0.5) is 0 Å². The van der Waals surface area contributed by atoms with E-state index in [4.69, 9.17) is 4.74 Å². The summed E-state index contributed by atoms with van der Waals surface area (Å²) in [6.45, 7) is 0. The molecule has 0 saturated heterocycles. The molecule has 0 amide bonds. The van der Waals surface area contributed by atoms with Crippen LogP contribution in [0.5, 0.6) is 11.5 Å². The van der Waals surface area contributed by atoms with Crippen molar-refractivity contribution >= 4 is 45.2 Å². The van der Waals surface area contributed by atoms with Gasteiger partial charge in [0, 0.05) is 8.86 Å². The number of alkyl halides is 2. The largest absolute Gasteiger partial charge is 0.457 e. The van der Waals surface area contributed by atoms with E-state index >= 15 is 0 Å². The summed E-state index contributed by atoms with van der Waals surface area (Å²) in [5.41, 5.74) is 2.72. The lowest BCUT2D eigenvalue weighted by Gasteiger charge is -2.07. The number of aryl methyl sites for hydroxylation is 2. The summed E-state index contributed by atoms with van der Waals surface area (Å²) in [6, 6.07) is 16.7. The number of hydrogen-bond acceptors (Lipinski definition) is 1. The summed E-state index contributed by atoms with van der Waals surface area (Å²) in [5.74, 6) is 1.80. The molecule has 0 bridgehead atoms. The van der Waals surface area contributed by atoms with Gasteiger partial charge in [-0.05, 0) is 48.2 Å². The van der Waals surface area contributed by atoms with Crippen molar-refractivity contribution in [3.63, 3.8) is 0 Å². The fourth-order valence-electron chi connectivity index (χ4n) is 1.80. The predicted octanol–water partition coefficient (Wildman–Crippen LogP) is 5.43. The molecular weight excluding hydrogens is 462 g/mol. The fraction of sp³-hybridized carbons (Fsp3) is 0.250. The first kappa shape index (κ1) is 15.1. The van der Waals surface area contributed by atoms with Crippen LogP contribution in [0.3, 0.4) is 0 Å². The minimum atomic E-state index is 0.902. The first-order valence-corrected chi connectivity index (χ1v) is 9.34. The monoisotopic (exact) mass is 478 g/mol. The lowest BCUT2D eigenvalue weighted by atomic mass is 10.1. The number of benzene rings is 2. The van der Waals surface area contributed by atoms with Gasteiger partial charge in [0.1, 0.15) is 11.5 Å². The number of rotatable bonds is 6. The summed E-state index contributed by atoms with van der Waals surface area (Å²) in [7, 11) is 0. The SMILES string of the molecule is ICCc1ccc(Oc2ccc(CCI)cc2)cc1. The van der Waals surface area contributed by atoms with Gasteiger partial charge in [-0.3, -0.25) is 0 Å². The highest BCUT2D eigenvalue weighted by atomic mass is 127. The minimum Gasteiger partial charge on any atom is -0.457 e. The minimum absolute atomic E-state index is 0.902. The second kappa shape index (κ2) is 8.09. The van der Waals surface area contributed by atoms with Crippen molar-refractivity contribution in [1.29, 1.82) is 0 Å². The van der Waals surface area contributed by atoms with E-state index in [2.05, 4.69) is 69.4 Å². The van der Waals surface area contributed by atoms with E-state index < -0.39 is 0 Å². The molecule has 2 aromatic rings. The van der Waals surface area contributed by atoms with E-state index in [0.29, 0.717) is 0 Å². The molecule has 0 aliphatic rings. The molecule has 0 atom stereocenters. The Morgan fingerprint density at radius 1 is 0.632 bits per heavy atom. The Morgan fingerprint density at radius 2 is 1.00 bits per heavy atom. The lowest BCUT2D eigenvalue weighted by molar-refractivity contribution is 0.482. The lowest BCUT2D eigenvalue weighted by Crippen LogP contribution is -1.89. The highest BCUT2D eigenvalue weighted by molar-refractivity contribution is 14.1. The first-order chi connectivity index (χ1) is 9.31. The molecule has 0 saturated carbocycles. The summed E-state index contributed by atoms with van der Waals surface area (Å²) in [6.07, 6.45) is 2.23. The second-order valence-electron chi connectivity index (χ2n) is 4.27. The Hall–Kier alpha value is -0.300. The zero-order valence-electron chi connectivity index (χ0n) is 10.6. The number of hydrogen-bond donors (Lipinski definition) is 0. The van der Waals surface area contributed by atoms with Crippen molar-refractivity contribution in [2.75, 3.05) is 8.86 Å². The molecule has 2 aromatic carbocycles. The van der Waals surface area contributed by atoms with Crippen LogP contribution >= 0.6 is 45.2 Å². The van der Waals surface area contributed by atoms with E-state index in [1.165, 1.54) is 11.1 Å². The highest BCUT2D eigenvalue weighted by Crippen LogP contribution is 2.22. The second-order valence-corrected chi connectivity index (χ2v) is 6.43. The van der Waals surface area contributed by atoms with Gasteiger partial charge in [0.25, 0.3) is 0 Å². The molecular formula is C16H16I2O. The molecule has 1 nitrogen and oxygen atoms in total. The van der Waals surface area contributed by atoms with Gasteiger partial charge >= 0.3 is 0 Å². The Kier molecular flexibility index (Phi) is 6.43. The van der Waals surface area contributed by atoms with Crippen LogP contribution in [0, 0.1) is 0 Å². The Labute approximate surface area is 142 Å². The van der Waals surface area contributed by atoms with Gasteiger partial charge in [-0.15, -0.1) is 0 Å². The van der Waals surface area contributed by atoms with Gasteiger partial charge in [0.15, 0.2) is 0 Å². The van der Waals surface area contributed by atoms with Gasteiger partial charge in [0.05, 0.1) is 0 Å². The number of halogens is 2. The van der Waals surface area contributed by atoms with Crippen molar-refractivity contribution in [3.8, 4) is 11.5 Å². The third-order valence-electron chi connectivity index (χ3n) is 2.85. The molecule has 0 spiro atoms. The van der Waals surface area contributed by atoms with E-state index in [-0.39, 0.29) is 0 Å². The third kappa shape index (κ3) is 4.95. The average molecular weight is 478 g/mol. The maximum atomic E-state index is 5.84. The molecule has 0 aromatic heterocycles. The maximum Gasteiger partial charge on any atom is 0.127 e. The Bertz CT molecular complexity index is 444. The van der Waals surface area contributed by atoms with Crippen LogP contribution in [0.25, 0.3) is 0 Å². The normalized spacial score (nSPS) is 10.4. The number of ether oxygens (including phenoxy) is 1. The molecule has 2 rings (SSSR count). The van der Waals surface area contributed by atoms with Gasteiger partial charge < -0.3 is 4.74 Å². The highest BCUT2D eigenvalue weighted by Gasteiger charge is 1.99. The Morgan fingerprint density at radius 3 is 1.32 bits per heavy atom. The predicted molar refractivity (Wildman–Crippen MR) is 98.1 cm³/mol. The van der Waals surface area contributed by atoms with Gasteiger partial charge in [-0.1, -0.05) is 69.4 Å². The van der Waals surface area contributed by atoms with Crippen LogP contribution in [0.15, 0.2) is 48.5 Å². The van der Waals surface area contributed by atoms with Crippen LogP contribution < -0.4 is 4.74 Å². The molecule has 0 fully saturated rings. The molecule has 3 heteroatoms. The Balaban J connectivity index is 1.99. The van der Waals surface area contributed by atoms with E-state index in [1.807, 2.05) is 24.3 Å². The molecule has 19 heavy (non-hydrogen) atoms. The third-order valence-corrected chi connectivity index (χ3v) is 3.93. The smallest absolute Gasteiger partial charge is 0.127 e. The zero-order chi connectivity index (χ0) is 13.5. The fourth-order valence-corrected chi connectivity index (χ4v) is 3.05. The summed E-state index contributed by atoms with van der Waals surface area (Å²) < 4.78 is 8.14. The van der Waals surface area contributed by atoms with E-state index in [0.717, 1.165) is 33.2 Å². The van der Waals surface area contributed by atoms with Crippen molar-refractivity contribution in [1.82, 2.24) is 0 Å². The average Bonchev–Trinajstić information content (AvgIpc) is 2.44. The van der Waals surface area contributed by atoms with Crippen molar-refractivity contribution in [2.24, 2.45) is 0 Å². The summed E-state index contributed by atoms with van der Waals surface area (Å²) in [4.78, 5) is 0. The van der Waals surface area contributed by atoms with Crippen LogP contribution in [0.1, 0.15) is 11.1 Å². The van der Waals surface area contributed by atoms with E-state index in [1.54, 1.807) is 0 Å². The molecule has 0 N–H and O–H groups in total. The van der Waals surface area contributed by atoms with Gasteiger partial charge in [0.2, 0.25) is 0 Å². The van der Waals surface area contributed by atoms with Crippen LogP contribution in [-0.4, -0.2) is 8.86 Å². The quantitative estimate of drug-likeness (QED) is 0.398. The first-order valence-electron chi connectivity index (χ1n) is 6.29. The van der Waals surface area contributed by atoms with Crippen molar-refractivity contribution < 1.29 is 4.74 Å². The topological polar surface area (TPSA) is 9.23 Å². The van der Waals surface area contributed by atoms with Crippen molar-refractivity contribution in [3.05, 3.63) is 59.7 Å². The molecule has 0 heterocycles. The van der Waals surface area contributed by atoms with Crippen LogP contribution in [-0.2, 0) is 12.8 Å². The molecule has 0 radical (unpaired) electrons.